The van der Waals surface area contributed by atoms with E-state index in [9.17, 15) is 0 Å². The highest BCUT2D eigenvalue weighted by Gasteiger charge is 2.39. The van der Waals surface area contributed by atoms with Gasteiger partial charge in [0.05, 0.1) is 0 Å². The van der Waals surface area contributed by atoms with E-state index in [1.165, 1.54) is 159 Å². The number of anilines is 6. The van der Waals surface area contributed by atoms with E-state index in [-0.39, 0.29) is 10.8 Å². The summed E-state index contributed by atoms with van der Waals surface area (Å²) in [5.41, 5.74) is 39.9. The number of hydrogen-bond donors (Lipinski definition) is 0. The quantitative estimate of drug-likeness (QED) is 0.102. The predicted molar refractivity (Wildman–Crippen MR) is 535 cm³/mol. The van der Waals surface area contributed by atoms with Crippen molar-refractivity contribution in [2.45, 2.75) is 38.5 Å². The van der Waals surface area contributed by atoms with Crippen molar-refractivity contribution in [2.75, 3.05) is 9.80 Å². The first kappa shape index (κ1) is 74.4. The Balaban J connectivity index is 0.531. The molecular formula is C122H84N2OS. The summed E-state index contributed by atoms with van der Waals surface area (Å²) < 4.78 is 8.87. The van der Waals surface area contributed by atoms with Crippen LogP contribution in [0.15, 0.2) is 441 Å². The lowest BCUT2D eigenvalue weighted by Gasteiger charge is -2.27. The van der Waals surface area contributed by atoms with Crippen LogP contribution < -0.4 is 9.80 Å². The van der Waals surface area contributed by atoms with Gasteiger partial charge in [-0.05, 0) is 294 Å². The molecule has 0 N–H and O–H groups in total. The van der Waals surface area contributed by atoms with Gasteiger partial charge in [-0.25, -0.2) is 0 Å². The van der Waals surface area contributed by atoms with Crippen LogP contribution in [0, 0.1) is 0 Å². The lowest BCUT2D eigenvalue weighted by molar-refractivity contribution is 0.662. The Hall–Kier alpha value is -15.5. The molecule has 0 saturated heterocycles. The van der Waals surface area contributed by atoms with E-state index in [0.717, 1.165) is 83.9 Å². The molecule has 2 aromatic heterocycles. The first-order chi connectivity index (χ1) is 61.9. The molecule has 0 atom stereocenters. The summed E-state index contributed by atoms with van der Waals surface area (Å²) in [6.07, 6.45) is 0. The fourth-order valence-corrected chi connectivity index (χ4v) is 22.0. The van der Waals surface area contributed by atoms with Crippen LogP contribution in [-0.2, 0) is 10.8 Å². The van der Waals surface area contributed by atoms with Crippen LogP contribution in [0.1, 0.15) is 49.9 Å². The zero-order valence-electron chi connectivity index (χ0n) is 70.3. The van der Waals surface area contributed by atoms with Crippen molar-refractivity contribution in [3.05, 3.63) is 459 Å². The molecular weight excluding hydrogens is 1540 g/mol. The standard InChI is InChI=1S/C122H84N2OS/c1-121(2)113-42-10-7-33-105(113)109-40-19-38-103(119(109)121)80-49-61-95(62-50-80)123(93-57-45-77(46-58-93)87-56-68-116-112(75-87)106-34-8-11-43-115(106)125-116)97-30-16-26-85(73-97)83-24-14-28-91(70-83)101-37-18-29-92-71-86(53-65-102(92)101)88-55-67-114-111(74-88)110-41-20-39-104(120(110)122(114,3)4)81-51-63-96(64-52-81)124(94-59-47-78(48-60-94)89-54-66-108-107-35-9-12-44-117(107)126-118(108)76-89)98-31-15-25-84(72-98)82-23-13-27-90(69-82)100-36-17-22-79-21-5-6-32-99(79)100/h5-76H,1-4H3. The van der Waals surface area contributed by atoms with Gasteiger partial charge in [0.1, 0.15) is 11.2 Å². The second kappa shape index (κ2) is 29.7. The van der Waals surface area contributed by atoms with Crippen molar-refractivity contribution >= 4 is 109 Å². The molecule has 0 amide bonds. The second-order valence-electron chi connectivity index (χ2n) is 35.0. The molecule has 3 nitrogen and oxygen atoms in total. The van der Waals surface area contributed by atoms with Crippen LogP contribution >= 0.6 is 11.3 Å². The van der Waals surface area contributed by atoms with Gasteiger partial charge in [-0.1, -0.05) is 337 Å². The average molecular weight is 1630 g/mol. The van der Waals surface area contributed by atoms with E-state index >= 15 is 0 Å². The molecule has 0 saturated carbocycles. The number of nitrogens with zero attached hydrogens (tertiary/aromatic N) is 2. The summed E-state index contributed by atoms with van der Waals surface area (Å²) in [6.45, 7) is 9.56. The third-order valence-electron chi connectivity index (χ3n) is 27.0. The van der Waals surface area contributed by atoms with Crippen LogP contribution in [0.25, 0.3) is 186 Å². The minimum absolute atomic E-state index is 0.142. The fraction of sp³-hybridized carbons (Fsp3) is 0.0492. The van der Waals surface area contributed by atoms with Gasteiger partial charge in [0.25, 0.3) is 0 Å². The van der Waals surface area contributed by atoms with Crippen molar-refractivity contribution in [1.29, 1.82) is 0 Å². The Morgan fingerprint density at radius 3 is 1.18 bits per heavy atom. The molecule has 0 bridgehead atoms. The summed E-state index contributed by atoms with van der Waals surface area (Å²) in [5.74, 6) is 0. The first-order valence-corrected chi connectivity index (χ1v) is 44.5. The topological polar surface area (TPSA) is 19.6 Å². The molecule has 22 aromatic rings. The predicted octanol–water partition coefficient (Wildman–Crippen LogP) is 34.8. The van der Waals surface area contributed by atoms with Gasteiger partial charge in [-0.2, -0.15) is 0 Å². The SMILES string of the molecule is CC1(C)c2ccccc2-c2cccc(-c3ccc(N(c4ccc(-c5ccc6oc7ccccc7c6c5)cc4)c4cccc(-c5cccc(-c6cccc7cc(-c8ccc9c(c8)-c8cccc(-c%10ccc(N(c%11ccc(-c%12ccc%13c(c%12)sc%12ccccc%12%13)cc%11)c%11cccc(-c%12cccc(-c%13cccc%14ccccc%13%14)c%12)c%11)cc%10)c8C9(C)C)ccc67)c5)c4)cc3)c21. The van der Waals surface area contributed by atoms with Gasteiger partial charge in [0.15, 0.2) is 0 Å². The summed E-state index contributed by atoms with van der Waals surface area (Å²) in [6, 6.07) is 162. The van der Waals surface area contributed by atoms with Gasteiger partial charge in [0, 0.05) is 75.9 Å². The van der Waals surface area contributed by atoms with E-state index in [2.05, 4.69) is 462 Å². The summed E-state index contributed by atoms with van der Waals surface area (Å²) >= 11 is 1.86. The number of furan rings is 1. The largest absolute Gasteiger partial charge is 0.456 e. The Bertz CT molecular complexity index is 8140. The normalized spacial score (nSPS) is 12.9. The third kappa shape index (κ3) is 12.5. The van der Waals surface area contributed by atoms with Crippen LogP contribution in [0.4, 0.5) is 34.1 Å². The molecule has 24 rings (SSSR count). The monoisotopic (exact) mass is 1620 g/mol. The average Bonchev–Trinajstić information content (AvgIpc) is 1.57. The second-order valence-corrected chi connectivity index (χ2v) is 36.1. The minimum atomic E-state index is -0.268. The number of thiophene rings is 1. The Labute approximate surface area is 738 Å². The van der Waals surface area contributed by atoms with E-state index in [1.54, 1.807) is 0 Å². The zero-order valence-corrected chi connectivity index (χ0v) is 71.1. The number of benzene rings is 20. The highest BCUT2D eigenvalue weighted by atomic mass is 32.1. The lowest BCUT2D eigenvalue weighted by atomic mass is 9.78. The maximum absolute atomic E-state index is 6.26. The van der Waals surface area contributed by atoms with Crippen molar-refractivity contribution in [2.24, 2.45) is 0 Å². The van der Waals surface area contributed by atoms with Crippen LogP contribution in [-0.4, -0.2) is 0 Å². The minimum Gasteiger partial charge on any atom is -0.456 e. The van der Waals surface area contributed by atoms with Gasteiger partial charge in [-0.15, -0.1) is 11.3 Å². The van der Waals surface area contributed by atoms with E-state index in [4.69, 9.17) is 4.42 Å². The van der Waals surface area contributed by atoms with Crippen LogP contribution in [0.3, 0.4) is 0 Å². The number of para-hydroxylation sites is 1. The first-order valence-electron chi connectivity index (χ1n) is 43.7. The zero-order chi connectivity index (χ0) is 83.9. The maximum atomic E-state index is 6.26. The fourth-order valence-electron chi connectivity index (χ4n) is 20.9. The molecule has 2 aliphatic rings. The van der Waals surface area contributed by atoms with Crippen LogP contribution in [0.2, 0.25) is 0 Å². The summed E-state index contributed by atoms with van der Waals surface area (Å²) in [4.78, 5) is 4.82. The molecule has 594 valence electrons. The molecule has 0 spiro atoms. The molecule has 0 aliphatic heterocycles. The van der Waals surface area contributed by atoms with Gasteiger partial charge in [-0.3, -0.25) is 0 Å². The maximum Gasteiger partial charge on any atom is 0.135 e. The Kier molecular flexibility index (Phi) is 17.5. The molecule has 0 radical (unpaired) electrons. The molecule has 2 aliphatic carbocycles. The Morgan fingerprint density at radius 1 is 0.190 bits per heavy atom. The molecule has 0 fully saturated rings. The highest BCUT2D eigenvalue weighted by Crippen LogP contribution is 2.56. The Morgan fingerprint density at radius 2 is 0.563 bits per heavy atom. The van der Waals surface area contributed by atoms with E-state index in [1.807, 2.05) is 23.5 Å². The molecule has 4 heteroatoms. The van der Waals surface area contributed by atoms with Crippen molar-refractivity contribution in [3.8, 4) is 122 Å². The van der Waals surface area contributed by atoms with Crippen molar-refractivity contribution in [3.63, 3.8) is 0 Å². The van der Waals surface area contributed by atoms with Gasteiger partial charge < -0.3 is 14.2 Å². The summed E-state index contributed by atoms with van der Waals surface area (Å²) in [5, 5.41) is 9.77. The number of fused-ring (bicyclic) bond motifs is 14. The van der Waals surface area contributed by atoms with Crippen LogP contribution in [0.5, 0.6) is 0 Å². The van der Waals surface area contributed by atoms with E-state index in [0.29, 0.717) is 0 Å². The molecule has 2 heterocycles. The van der Waals surface area contributed by atoms with Gasteiger partial charge in [0.2, 0.25) is 0 Å². The van der Waals surface area contributed by atoms with Crippen molar-refractivity contribution in [1.82, 2.24) is 0 Å². The van der Waals surface area contributed by atoms with Gasteiger partial charge >= 0.3 is 0 Å². The number of hydrogen-bond acceptors (Lipinski definition) is 4. The molecule has 20 aromatic carbocycles. The van der Waals surface area contributed by atoms with E-state index < -0.39 is 0 Å². The smallest absolute Gasteiger partial charge is 0.135 e. The summed E-state index contributed by atoms with van der Waals surface area (Å²) in [7, 11) is 0. The molecule has 0 unspecified atom stereocenters. The van der Waals surface area contributed by atoms with Crippen molar-refractivity contribution < 1.29 is 4.42 Å². The third-order valence-corrected chi connectivity index (χ3v) is 28.2. The molecule has 126 heavy (non-hydrogen) atoms. The highest BCUT2D eigenvalue weighted by molar-refractivity contribution is 7.25. The number of rotatable bonds is 15. The lowest BCUT2D eigenvalue weighted by Crippen LogP contribution is -2.16.